The number of hydrogen-bond donors (Lipinski definition) is 5. The van der Waals surface area contributed by atoms with Crippen molar-refractivity contribution in [3.63, 3.8) is 0 Å². The van der Waals surface area contributed by atoms with E-state index in [0.29, 0.717) is 6.04 Å². The Balaban J connectivity index is 0.000000336. The van der Waals surface area contributed by atoms with Crippen molar-refractivity contribution in [2.45, 2.75) is 31.8 Å². The topological polar surface area (TPSA) is 177 Å². The fourth-order valence-electron chi connectivity index (χ4n) is 3.58. The summed E-state index contributed by atoms with van der Waals surface area (Å²) in [6, 6.07) is 18.0. The van der Waals surface area contributed by atoms with Crippen molar-refractivity contribution in [1.29, 1.82) is 0 Å². The minimum Gasteiger partial charge on any atom is -0.473 e. The first-order chi connectivity index (χ1) is 17.5. The lowest BCUT2D eigenvalue weighted by Crippen LogP contribution is -2.42. The van der Waals surface area contributed by atoms with Gasteiger partial charge >= 0.3 is 23.9 Å². The molecule has 0 saturated carbocycles. The maximum absolute atomic E-state index is 9.10. The molecule has 1 saturated heterocycles. The number of nitrogens with zero attached hydrogens (tertiary/aromatic N) is 2. The third-order valence-electron chi connectivity index (χ3n) is 5.42. The summed E-state index contributed by atoms with van der Waals surface area (Å²) >= 11 is 1.81. The Bertz CT molecular complexity index is 1160. The van der Waals surface area contributed by atoms with Crippen molar-refractivity contribution in [1.82, 2.24) is 15.2 Å². The summed E-state index contributed by atoms with van der Waals surface area (Å²) in [5.74, 6) is -7.30. The molecule has 1 atom stereocenters. The minimum absolute atomic E-state index is 0.172. The number of aryl methyl sites for hydroxylation is 1. The van der Waals surface area contributed by atoms with Gasteiger partial charge in [0.25, 0.3) is 0 Å². The first-order valence-corrected chi connectivity index (χ1v) is 12.1. The van der Waals surface area contributed by atoms with Crippen LogP contribution in [0.1, 0.15) is 35.0 Å². The summed E-state index contributed by atoms with van der Waals surface area (Å²) in [6.45, 7) is 4.49. The van der Waals surface area contributed by atoms with Gasteiger partial charge in [-0.15, -0.1) is 11.3 Å². The molecule has 5 N–H and O–H groups in total. The highest BCUT2D eigenvalue weighted by Crippen LogP contribution is 2.31. The lowest BCUT2D eigenvalue weighted by molar-refractivity contribution is -0.159. The maximum Gasteiger partial charge on any atom is 0.414 e. The van der Waals surface area contributed by atoms with E-state index in [1.165, 1.54) is 33.7 Å². The number of nitrogens with one attached hydrogen (secondary N) is 1. The second kappa shape index (κ2) is 14.0. The average Bonchev–Trinajstić information content (AvgIpc) is 3.28. The van der Waals surface area contributed by atoms with E-state index in [1.54, 1.807) is 0 Å². The predicted octanol–water partition coefficient (Wildman–Crippen LogP) is 2.69. The van der Waals surface area contributed by atoms with Gasteiger partial charge in [-0.05, 0) is 57.6 Å². The molecule has 3 aromatic rings. The Morgan fingerprint density at radius 2 is 1.49 bits per heavy atom. The zero-order valence-electron chi connectivity index (χ0n) is 20.3. The Hall–Kier alpha value is -3.87. The average molecular weight is 532 g/mol. The van der Waals surface area contributed by atoms with Gasteiger partial charge < -0.3 is 30.6 Å². The minimum atomic E-state index is -1.82. The highest BCUT2D eigenvalue weighted by atomic mass is 32.1. The fraction of sp³-hybridized carbons (Fsp3) is 0.320. The summed E-state index contributed by atoms with van der Waals surface area (Å²) in [7, 11) is 2.21. The summed E-state index contributed by atoms with van der Waals surface area (Å²) in [6.07, 6.45) is 2.40. The van der Waals surface area contributed by atoms with Crippen LogP contribution in [0.5, 0.6) is 0 Å². The van der Waals surface area contributed by atoms with Crippen molar-refractivity contribution >= 4 is 45.4 Å². The molecule has 2 aromatic carbocycles. The van der Waals surface area contributed by atoms with E-state index >= 15 is 0 Å². The van der Waals surface area contributed by atoms with Gasteiger partial charge in [-0.1, -0.05) is 42.0 Å². The lowest BCUT2D eigenvalue weighted by Gasteiger charge is -2.32. The molecule has 1 aromatic heterocycles. The number of rotatable bonds is 4. The number of hydrogen-bond acceptors (Lipinski definition) is 8. The van der Waals surface area contributed by atoms with E-state index in [9.17, 15) is 0 Å². The highest BCUT2D eigenvalue weighted by Gasteiger charge is 2.24. The summed E-state index contributed by atoms with van der Waals surface area (Å²) in [4.78, 5) is 43.8. The third-order valence-corrected chi connectivity index (χ3v) is 6.52. The van der Waals surface area contributed by atoms with Crippen LogP contribution < -0.4 is 5.32 Å². The van der Waals surface area contributed by atoms with Gasteiger partial charge in [-0.2, -0.15) is 0 Å². The molecule has 11 nitrogen and oxygen atoms in total. The predicted molar refractivity (Wildman–Crippen MR) is 137 cm³/mol. The molecular weight excluding hydrogens is 502 g/mol. The molecule has 1 fully saturated rings. The molecular formula is C25H29N3O8S. The number of benzene rings is 2. The summed E-state index contributed by atoms with van der Waals surface area (Å²) in [5.41, 5.74) is 3.72. The Morgan fingerprint density at radius 1 is 0.919 bits per heavy atom. The summed E-state index contributed by atoms with van der Waals surface area (Å²) in [5, 5.41) is 34.7. The number of carbonyl (C=O) groups is 4. The molecule has 0 bridgehead atoms. The van der Waals surface area contributed by atoms with E-state index in [4.69, 9.17) is 44.6 Å². The number of thiazole rings is 1. The molecule has 1 aliphatic rings. The first-order valence-electron chi connectivity index (χ1n) is 11.3. The van der Waals surface area contributed by atoms with Crippen LogP contribution in [0.3, 0.4) is 0 Å². The zero-order valence-corrected chi connectivity index (χ0v) is 21.1. The molecule has 0 radical (unpaired) electrons. The molecule has 12 heteroatoms. The number of para-hydroxylation sites is 1. The van der Waals surface area contributed by atoms with Crippen LogP contribution in [-0.4, -0.2) is 80.4 Å². The monoisotopic (exact) mass is 531 g/mol. The number of aliphatic carboxylic acids is 4. The van der Waals surface area contributed by atoms with E-state index in [0.717, 1.165) is 18.6 Å². The van der Waals surface area contributed by atoms with E-state index in [-0.39, 0.29) is 6.04 Å². The molecule has 37 heavy (non-hydrogen) atoms. The first kappa shape index (κ1) is 29.4. The zero-order chi connectivity index (χ0) is 27.5. The molecule has 1 unspecified atom stereocenters. The van der Waals surface area contributed by atoms with Crippen LogP contribution in [0.25, 0.3) is 10.2 Å². The van der Waals surface area contributed by atoms with Crippen LogP contribution in [0, 0.1) is 6.92 Å². The number of aromatic nitrogens is 1. The fourth-order valence-corrected chi connectivity index (χ4v) is 4.64. The van der Waals surface area contributed by atoms with Crippen LogP contribution >= 0.6 is 11.3 Å². The lowest BCUT2D eigenvalue weighted by atomic mass is 10.00. The molecule has 0 aliphatic carbocycles. The van der Waals surface area contributed by atoms with Crippen molar-refractivity contribution in [2.24, 2.45) is 0 Å². The Morgan fingerprint density at radius 3 is 2.00 bits per heavy atom. The largest absolute Gasteiger partial charge is 0.473 e. The smallest absolute Gasteiger partial charge is 0.414 e. The van der Waals surface area contributed by atoms with Gasteiger partial charge in [0.2, 0.25) is 0 Å². The number of fused-ring (bicyclic) bond motifs is 1. The molecule has 4 rings (SSSR count). The van der Waals surface area contributed by atoms with Gasteiger partial charge in [0, 0.05) is 6.04 Å². The van der Waals surface area contributed by atoms with Crippen molar-refractivity contribution in [2.75, 3.05) is 20.1 Å². The van der Waals surface area contributed by atoms with Crippen molar-refractivity contribution in [3.05, 3.63) is 64.7 Å². The normalized spacial score (nSPS) is 14.4. The maximum atomic E-state index is 9.10. The molecule has 1 aliphatic heterocycles. The molecule has 0 amide bonds. The van der Waals surface area contributed by atoms with Gasteiger partial charge in [0.15, 0.2) is 0 Å². The Kier molecular flexibility index (Phi) is 11.1. The van der Waals surface area contributed by atoms with Gasteiger partial charge in [-0.25, -0.2) is 24.2 Å². The van der Waals surface area contributed by atoms with E-state index in [2.05, 4.69) is 72.7 Å². The second-order valence-corrected chi connectivity index (χ2v) is 9.39. The SMILES string of the molecule is Cc1cccc(C(NC2CCN(C)CC2)c2nc3ccccc3s2)c1.O=C(O)C(=O)O.O=C(O)C(=O)O. The molecule has 2 heterocycles. The highest BCUT2D eigenvalue weighted by molar-refractivity contribution is 7.18. The number of piperidine rings is 1. The molecule has 0 spiro atoms. The van der Waals surface area contributed by atoms with Gasteiger partial charge in [-0.3, -0.25) is 0 Å². The van der Waals surface area contributed by atoms with Crippen LogP contribution in [0.15, 0.2) is 48.5 Å². The van der Waals surface area contributed by atoms with Crippen molar-refractivity contribution < 1.29 is 39.6 Å². The van der Waals surface area contributed by atoms with E-state index < -0.39 is 23.9 Å². The quantitative estimate of drug-likeness (QED) is 0.313. The number of likely N-dealkylation sites (tertiary alicyclic amines) is 1. The van der Waals surface area contributed by atoms with Crippen LogP contribution in [0.2, 0.25) is 0 Å². The van der Waals surface area contributed by atoms with Gasteiger partial charge in [0.1, 0.15) is 5.01 Å². The molecule has 198 valence electrons. The van der Waals surface area contributed by atoms with Gasteiger partial charge in [0.05, 0.1) is 16.3 Å². The van der Waals surface area contributed by atoms with Crippen LogP contribution in [0.4, 0.5) is 0 Å². The summed E-state index contributed by atoms with van der Waals surface area (Å²) < 4.78 is 1.26. The number of carboxylic acids is 4. The van der Waals surface area contributed by atoms with Crippen molar-refractivity contribution in [3.8, 4) is 0 Å². The Labute approximate surface area is 217 Å². The third kappa shape index (κ3) is 9.60. The standard InChI is InChI=1S/C21H25N3S.2C2H2O4/c1-15-6-5-7-16(14-15)20(22-17-10-12-24(2)13-11-17)21-23-18-8-3-4-9-19(18)25-21;2*3-1(4)2(5)6/h3-9,14,17,20,22H,10-13H2,1-2H3;2*(H,3,4)(H,5,6). The number of carboxylic acid groups (broad SMARTS) is 4. The van der Waals surface area contributed by atoms with E-state index in [1.807, 2.05) is 11.3 Å². The second-order valence-electron chi connectivity index (χ2n) is 8.33. The van der Waals surface area contributed by atoms with Crippen LogP contribution in [-0.2, 0) is 19.2 Å².